The molecule has 8 nitrogen and oxygen atoms in total. The molecule has 0 aromatic heterocycles. The first-order valence-corrected chi connectivity index (χ1v) is 8.41. The second kappa shape index (κ2) is 6.69. The van der Waals surface area contributed by atoms with Gasteiger partial charge in [-0.1, -0.05) is 0 Å². The summed E-state index contributed by atoms with van der Waals surface area (Å²) in [5.41, 5.74) is 6.85. The predicted molar refractivity (Wildman–Crippen MR) is 89.6 cm³/mol. The number of amides is 1. The van der Waals surface area contributed by atoms with Crippen molar-refractivity contribution in [3.8, 4) is 0 Å². The summed E-state index contributed by atoms with van der Waals surface area (Å²) in [7, 11) is 0. The molecule has 24 heavy (non-hydrogen) atoms. The lowest BCUT2D eigenvalue weighted by atomic mass is 9.95. The number of nitrogens with two attached hydrogens (primary N) is 1. The van der Waals surface area contributed by atoms with Gasteiger partial charge in [-0.15, -0.1) is 11.8 Å². The maximum Gasteiger partial charge on any atom is 0.240 e. The van der Waals surface area contributed by atoms with E-state index in [1.165, 1.54) is 0 Å². The molecule has 2 heterocycles. The van der Waals surface area contributed by atoms with E-state index >= 15 is 0 Å². The number of nitrogen functional groups attached to an aromatic ring is 1. The minimum absolute atomic E-state index is 0.300. The molecule has 0 aliphatic carbocycles. The van der Waals surface area contributed by atoms with Gasteiger partial charge in [0.1, 0.15) is 23.2 Å². The highest BCUT2D eigenvalue weighted by Crippen LogP contribution is 2.37. The molecule has 9 heteroatoms. The monoisotopic (exact) mass is 353 g/mol. The van der Waals surface area contributed by atoms with E-state index in [1.807, 2.05) is 0 Å². The molecule has 130 valence electrons. The molecule has 0 bridgehead atoms. The van der Waals surface area contributed by atoms with E-state index in [4.69, 9.17) is 10.8 Å². The number of fused-ring (bicyclic) bond motifs is 1. The Morgan fingerprint density at radius 1 is 1.25 bits per heavy atom. The highest BCUT2D eigenvalue weighted by atomic mass is 32.2. The Balaban J connectivity index is 1.90. The third kappa shape index (κ3) is 3.01. The van der Waals surface area contributed by atoms with Crippen LogP contribution in [0.2, 0.25) is 0 Å². The lowest BCUT2D eigenvalue weighted by Gasteiger charge is -2.43. The van der Waals surface area contributed by atoms with Gasteiger partial charge in [0, 0.05) is 11.3 Å². The highest BCUT2D eigenvalue weighted by molar-refractivity contribution is 8.01. The molecule has 1 fully saturated rings. The molecule has 1 aromatic carbocycles. The first-order chi connectivity index (χ1) is 11.4. The van der Waals surface area contributed by atoms with Crippen molar-refractivity contribution >= 4 is 29.2 Å². The Labute approximate surface area is 142 Å². The van der Waals surface area contributed by atoms with Gasteiger partial charge < -0.3 is 31.5 Å². The summed E-state index contributed by atoms with van der Waals surface area (Å²) < 4.78 is 0. The first kappa shape index (κ1) is 17.2. The number of nitrogens with zero attached hydrogens (tertiary/aromatic N) is 1. The van der Waals surface area contributed by atoms with Crippen molar-refractivity contribution in [1.29, 1.82) is 0 Å². The minimum atomic E-state index is -1.32. The molecular weight excluding hydrogens is 334 g/mol. The van der Waals surface area contributed by atoms with E-state index in [-0.39, 0.29) is 5.91 Å². The minimum Gasteiger partial charge on any atom is -0.399 e. The van der Waals surface area contributed by atoms with Gasteiger partial charge in [0.05, 0.1) is 24.1 Å². The quantitative estimate of drug-likeness (QED) is 0.347. The van der Waals surface area contributed by atoms with Crippen molar-refractivity contribution in [2.75, 3.05) is 12.3 Å². The Morgan fingerprint density at radius 2 is 1.92 bits per heavy atom. The first-order valence-electron chi connectivity index (χ1n) is 7.47. The fourth-order valence-corrected chi connectivity index (χ4v) is 4.34. The molecule has 2 aliphatic heterocycles. The summed E-state index contributed by atoms with van der Waals surface area (Å²) in [5.74, 6) is -0.0674. The van der Waals surface area contributed by atoms with Gasteiger partial charge in [0.25, 0.3) is 0 Å². The molecule has 3 unspecified atom stereocenters. The second-order valence-corrected chi connectivity index (χ2v) is 7.16. The molecule has 0 radical (unpaired) electrons. The van der Waals surface area contributed by atoms with Crippen LogP contribution in [0.25, 0.3) is 0 Å². The largest absolute Gasteiger partial charge is 0.399 e. The zero-order valence-corrected chi connectivity index (χ0v) is 13.4. The molecule has 1 amide bonds. The summed E-state index contributed by atoms with van der Waals surface area (Å²) in [6.45, 7) is -0.569. The van der Waals surface area contributed by atoms with Gasteiger partial charge in [0.15, 0.2) is 0 Å². The van der Waals surface area contributed by atoms with Crippen LogP contribution in [0, 0.1) is 0 Å². The average molecular weight is 353 g/mol. The Bertz CT molecular complexity index is 653. The smallest absolute Gasteiger partial charge is 0.240 e. The van der Waals surface area contributed by atoms with Crippen LogP contribution in [-0.2, 0) is 4.79 Å². The summed E-state index contributed by atoms with van der Waals surface area (Å²) in [6.07, 6.45) is -3.87. The Kier molecular flexibility index (Phi) is 4.79. The maximum atomic E-state index is 12.4. The molecule has 0 saturated carbocycles. The normalized spacial score (nSPS) is 34.1. The molecule has 6 atom stereocenters. The Hall–Kier alpha value is -1.65. The molecule has 1 aromatic rings. The molecule has 7 N–H and O–H groups in total. The highest BCUT2D eigenvalue weighted by Gasteiger charge is 2.50. The number of carbonyl (C=O) groups is 1. The van der Waals surface area contributed by atoms with E-state index in [2.05, 4.69) is 10.3 Å². The van der Waals surface area contributed by atoms with Crippen molar-refractivity contribution in [3.63, 3.8) is 0 Å². The van der Waals surface area contributed by atoms with Gasteiger partial charge in [-0.25, -0.2) is 0 Å². The number of thioether (sulfide) groups is 1. The summed E-state index contributed by atoms with van der Waals surface area (Å²) in [6, 6.07) is 5.90. The van der Waals surface area contributed by atoms with Gasteiger partial charge in [-0.3, -0.25) is 9.79 Å². The zero-order chi connectivity index (χ0) is 17.4. The topological polar surface area (TPSA) is 148 Å². The standard InChI is InChI=1S/C15H19N3O5S/c16-7-3-1-6(2-4-7)14-17-9-10(21)11(22)12(8(20)5-19)24-13(9)15(23)18-14/h1-4,8-13,19-22H,5,16H2,(H,17,18,23)/t8-,9?,10-,11+,12?,13?/m1/s1. The summed E-state index contributed by atoms with van der Waals surface area (Å²) in [5, 5.41) is 40.5. The van der Waals surface area contributed by atoms with E-state index in [0.29, 0.717) is 17.1 Å². The van der Waals surface area contributed by atoms with Gasteiger partial charge in [-0.05, 0) is 24.3 Å². The average Bonchev–Trinajstić information content (AvgIpc) is 2.58. The second-order valence-electron chi connectivity index (χ2n) is 5.83. The molecular formula is C15H19N3O5S. The van der Waals surface area contributed by atoms with Crippen molar-refractivity contribution < 1.29 is 25.2 Å². The van der Waals surface area contributed by atoms with Crippen LogP contribution in [-0.4, -0.2) is 73.6 Å². The molecule has 1 saturated heterocycles. The summed E-state index contributed by atoms with van der Waals surface area (Å²) >= 11 is 1.01. The lowest BCUT2D eigenvalue weighted by molar-refractivity contribution is -0.121. The number of carbonyl (C=O) groups excluding carboxylic acids is 1. The van der Waals surface area contributed by atoms with E-state index in [1.54, 1.807) is 24.3 Å². The summed E-state index contributed by atoms with van der Waals surface area (Å²) in [4.78, 5) is 16.8. The van der Waals surface area contributed by atoms with Crippen molar-refractivity contribution in [2.45, 2.75) is 34.9 Å². The van der Waals surface area contributed by atoms with E-state index in [9.17, 15) is 20.1 Å². The fraction of sp³-hybridized carbons (Fsp3) is 0.467. The van der Waals surface area contributed by atoms with Gasteiger partial charge in [0.2, 0.25) is 5.91 Å². The SMILES string of the molecule is Nc1ccc(C2=NC3C(SC([C@H](O)CO)[C@@H](O)[C@@H]3O)C(=O)N2)cc1. The van der Waals surface area contributed by atoms with Gasteiger partial charge in [-0.2, -0.15) is 0 Å². The van der Waals surface area contributed by atoms with E-state index < -0.39 is 41.5 Å². The molecule has 0 spiro atoms. The van der Waals surface area contributed by atoms with E-state index in [0.717, 1.165) is 11.8 Å². The number of hydrogen-bond acceptors (Lipinski definition) is 8. The Morgan fingerprint density at radius 3 is 2.54 bits per heavy atom. The number of aliphatic imine (C=N–C) groups is 1. The third-order valence-electron chi connectivity index (χ3n) is 4.18. The predicted octanol–water partition coefficient (Wildman–Crippen LogP) is -1.93. The van der Waals surface area contributed by atoms with Crippen LogP contribution in [0.4, 0.5) is 5.69 Å². The number of aliphatic hydroxyl groups is 4. The number of nitrogens with one attached hydrogen (secondary N) is 1. The number of hydrogen-bond donors (Lipinski definition) is 6. The zero-order valence-electron chi connectivity index (χ0n) is 12.6. The number of amidine groups is 1. The van der Waals surface area contributed by atoms with Crippen LogP contribution in [0.15, 0.2) is 29.3 Å². The fourth-order valence-electron chi connectivity index (χ4n) is 2.85. The number of anilines is 1. The molecule has 2 aliphatic rings. The number of aliphatic hydroxyl groups excluding tert-OH is 4. The van der Waals surface area contributed by atoms with Crippen LogP contribution < -0.4 is 11.1 Å². The van der Waals surface area contributed by atoms with Crippen LogP contribution in [0.1, 0.15) is 5.56 Å². The van der Waals surface area contributed by atoms with Crippen molar-refractivity contribution in [2.24, 2.45) is 4.99 Å². The van der Waals surface area contributed by atoms with Crippen LogP contribution >= 0.6 is 11.8 Å². The maximum absolute atomic E-state index is 12.4. The molecule has 3 rings (SSSR count). The third-order valence-corrected chi connectivity index (χ3v) is 5.87. The van der Waals surface area contributed by atoms with Gasteiger partial charge >= 0.3 is 0 Å². The number of benzene rings is 1. The number of rotatable bonds is 3. The van der Waals surface area contributed by atoms with Crippen molar-refractivity contribution in [1.82, 2.24) is 5.32 Å². The van der Waals surface area contributed by atoms with Crippen molar-refractivity contribution in [3.05, 3.63) is 29.8 Å². The van der Waals surface area contributed by atoms with Crippen LogP contribution in [0.5, 0.6) is 0 Å². The lowest BCUT2D eigenvalue weighted by Crippen LogP contribution is -2.62. The van der Waals surface area contributed by atoms with Crippen LogP contribution in [0.3, 0.4) is 0 Å².